The van der Waals surface area contributed by atoms with Crippen LogP contribution in [0.25, 0.3) is 0 Å². The molecule has 0 atom stereocenters. The van der Waals surface area contributed by atoms with Crippen molar-refractivity contribution in [1.82, 2.24) is 4.98 Å². The van der Waals surface area contributed by atoms with E-state index in [9.17, 15) is 4.79 Å². The molecule has 0 amide bonds. The highest BCUT2D eigenvalue weighted by Crippen LogP contribution is 2.37. The number of carboxylic acids is 1. The Morgan fingerprint density at radius 3 is 2.61 bits per heavy atom. The van der Waals surface area contributed by atoms with E-state index in [1.54, 1.807) is 6.07 Å². The fraction of sp³-hybridized carbons (Fsp3) is 0.538. The summed E-state index contributed by atoms with van der Waals surface area (Å²) in [5, 5.41) is 9.12. The fourth-order valence-corrected chi connectivity index (χ4v) is 1.46. The quantitative estimate of drug-likeness (QED) is 0.890. The molecule has 18 heavy (non-hydrogen) atoms. The summed E-state index contributed by atoms with van der Waals surface area (Å²) in [7, 11) is 0. The Balaban J connectivity index is 2.36. The molecule has 1 aliphatic carbocycles. The van der Waals surface area contributed by atoms with Gasteiger partial charge in [0.15, 0.2) is 17.2 Å². The monoisotopic (exact) mass is 251 g/mol. The summed E-state index contributed by atoms with van der Waals surface area (Å²) in [6, 6.07) is 1.63. The van der Waals surface area contributed by atoms with Crippen LogP contribution in [0.1, 0.15) is 44.1 Å². The van der Waals surface area contributed by atoms with Crippen LogP contribution in [-0.4, -0.2) is 27.8 Å². The van der Waals surface area contributed by atoms with Crippen molar-refractivity contribution in [2.75, 3.05) is 0 Å². The molecule has 0 spiro atoms. The molecule has 1 aliphatic rings. The molecular formula is C13H17NO4. The Labute approximate surface area is 106 Å². The maximum Gasteiger partial charge on any atom is 0.358 e. The lowest BCUT2D eigenvalue weighted by Gasteiger charge is -2.23. The van der Waals surface area contributed by atoms with Crippen molar-refractivity contribution < 1.29 is 19.4 Å². The van der Waals surface area contributed by atoms with E-state index in [2.05, 4.69) is 4.98 Å². The second-order valence-corrected chi connectivity index (χ2v) is 5.32. The zero-order valence-electron chi connectivity index (χ0n) is 10.8. The number of carboxylic acid groups (broad SMARTS) is 1. The van der Waals surface area contributed by atoms with Crippen molar-refractivity contribution in [2.24, 2.45) is 0 Å². The molecule has 2 rings (SSSR count). The van der Waals surface area contributed by atoms with Gasteiger partial charge in [0.05, 0.1) is 6.10 Å². The van der Waals surface area contributed by atoms with Crippen LogP contribution in [0.15, 0.2) is 12.3 Å². The summed E-state index contributed by atoms with van der Waals surface area (Å²) in [6.45, 7) is 5.69. The van der Waals surface area contributed by atoms with Gasteiger partial charge in [0.1, 0.15) is 5.60 Å². The van der Waals surface area contributed by atoms with E-state index in [0.717, 1.165) is 12.8 Å². The number of pyridine rings is 1. The zero-order valence-corrected chi connectivity index (χ0v) is 10.8. The summed E-state index contributed by atoms with van der Waals surface area (Å²) >= 11 is 0. The molecule has 0 unspecified atom stereocenters. The van der Waals surface area contributed by atoms with Gasteiger partial charge in [-0.25, -0.2) is 9.78 Å². The molecule has 5 heteroatoms. The first kappa shape index (κ1) is 12.7. The number of hydrogen-bond acceptors (Lipinski definition) is 4. The average Bonchev–Trinajstić information content (AvgIpc) is 3.01. The molecule has 1 aromatic heterocycles. The van der Waals surface area contributed by atoms with Crippen LogP contribution in [0.2, 0.25) is 0 Å². The second kappa shape index (κ2) is 4.48. The van der Waals surface area contributed by atoms with E-state index >= 15 is 0 Å². The third-order valence-electron chi connectivity index (χ3n) is 2.30. The summed E-state index contributed by atoms with van der Waals surface area (Å²) in [6.07, 6.45) is 3.41. The normalized spacial score (nSPS) is 15.3. The zero-order chi connectivity index (χ0) is 13.3. The van der Waals surface area contributed by atoms with Crippen molar-refractivity contribution in [3.8, 4) is 11.5 Å². The van der Waals surface area contributed by atoms with E-state index in [4.69, 9.17) is 14.6 Å². The fourth-order valence-electron chi connectivity index (χ4n) is 1.46. The van der Waals surface area contributed by atoms with Crippen LogP contribution < -0.4 is 9.47 Å². The highest BCUT2D eigenvalue weighted by molar-refractivity contribution is 5.89. The molecule has 5 nitrogen and oxygen atoms in total. The summed E-state index contributed by atoms with van der Waals surface area (Å²) < 4.78 is 11.4. The number of nitrogens with zero attached hydrogens (tertiary/aromatic N) is 1. The summed E-state index contributed by atoms with van der Waals surface area (Å²) in [5.41, 5.74) is -0.512. The van der Waals surface area contributed by atoms with Crippen LogP contribution >= 0.6 is 0 Å². The van der Waals surface area contributed by atoms with Gasteiger partial charge >= 0.3 is 5.97 Å². The molecular weight excluding hydrogens is 234 g/mol. The summed E-state index contributed by atoms with van der Waals surface area (Å²) in [4.78, 5) is 15.0. The predicted molar refractivity (Wildman–Crippen MR) is 65.2 cm³/mol. The molecule has 98 valence electrons. The Morgan fingerprint density at radius 1 is 1.44 bits per heavy atom. The lowest BCUT2D eigenvalue weighted by Crippen LogP contribution is -2.24. The molecule has 0 saturated heterocycles. The van der Waals surface area contributed by atoms with Gasteiger partial charge in [0.2, 0.25) is 0 Å². The van der Waals surface area contributed by atoms with Crippen LogP contribution in [0.4, 0.5) is 0 Å². The Bertz CT molecular complexity index is 461. The van der Waals surface area contributed by atoms with Crippen molar-refractivity contribution in [3.05, 3.63) is 18.0 Å². The first-order valence-electron chi connectivity index (χ1n) is 5.95. The molecule has 0 radical (unpaired) electrons. The highest BCUT2D eigenvalue weighted by Gasteiger charge is 2.29. The van der Waals surface area contributed by atoms with Crippen LogP contribution in [0, 0.1) is 0 Å². The van der Waals surface area contributed by atoms with E-state index in [1.165, 1.54) is 6.20 Å². The van der Waals surface area contributed by atoms with Crippen LogP contribution in [0.5, 0.6) is 11.5 Å². The van der Waals surface area contributed by atoms with E-state index < -0.39 is 11.6 Å². The van der Waals surface area contributed by atoms with Crippen molar-refractivity contribution in [3.63, 3.8) is 0 Å². The van der Waals surface area contributed by atoms with Crippen LogP contribution in [0.3, 0.4) is 0 Å². The third-order valence-corrected chi connectivity index (χ3v) is 2.30. The minimum atomic E-state index is -1.11. The van der Waals surface area contributed by atoms with Gasteiger partial charge in [0.25, 0.3) is 0 Å². The molecule has 1 saturated carbocycles. The molecule has 1 heterocycles. The van der Waals surface area contributed by atoms with Crippen molar-refractivity contribution in [1.29, 1.82) is 0 Å². The van der Waals surface area contributed by atoms with Gasteiger partial charge in [-0.2, -0.15) is 0 Å². The predicted octanol–water partition coefficient (Wildman–Crippen LogP) is 2.50. The minimum absolute atomic E-state index is 0.0922. The average molecular weight is 251 g/mol. The van der Waals surface area contributed by atoms with Crippen molar-refractivity contribution >= 4 is 5.97 Å². The maximum atomic E-state index is 11.1. The standard InChI is InChI=1S/C13H17NO4/c1-13(2,3)18-9-6-7-14-10(12(15)16)11(9)17-8-4-5-8/h6-8H,4-5H2,1-3H3,(H,15,16). The van der Waals surface area contributed by atoms with Gasteiger partial charge < -0.3 is 14.6 Å². The summed E-state index contributed by atoms with van der Waals surface area (Å²) in [5.74, 6) is -0.436. The van der Waals surface area contributed by atoms with Gasteiger partial charge in [-0.05, 0) is 33.6 Å². The first-order chi connectivity index (χ1) is 8.37. The van der Waals surface area contributed by atoms with E-state index in [0.29, 0.717) is 5.75 Å². The smallest absolute Gasteiger partial charge is 0.358 e. The van der Waals surface area contributed by atoms with Crippen molar-refractivity contribution in [2.45, 2.75) is 45.3 Å². The van der Waals surface area contributed by atoms with E-state index in [1.807, 2.05) is 20.8 Å². The number of carbonyl (C=O) groups is 1. The van der Waals surface area contributed by atoms with Gasteiger partial charge in [-0.3, -0.25) is 0 Å². The second-order valence-electron chi connectivity index (χ2n) is 5.32. The van der Waals surface area contributed by atoms with Gasteiger partial charge in [-0.1, -0.05) is 0 Å². The number of ether oxygens (including phenoxy) is 2. The molecule has 0 aliphatic heterocycles. The lowest BCUT2D eigenvalue weighted by molar-refractivity contribution is 0.0679. The minimum Gasteiger partial charge on any atom is -0.484 e. The third kappa shape index (κ3) is 3.12. The van der Waals surface area contributed by atoms with Crippen LogP contribution in [-0.2, 0) is 0 Å². The molecule has 0 bridgehead atoms. The maximum absolute atomic E-state index is 11.1. The van der Waals surface area contributed by atoms with Gasteiger partial charge in [0, 0.05) is 12.3 Å². The molecule has 1 N–H and O–H groups in total. The largest absolute Gasteiger partial charge is 0.484 e. The highest BCUT2D eigenvalue weighted by atomic mass is 16.5. The first-order valence-corrected chi connectivity index (χ1v) is 5.95. The molecule has 0 aromatic carbocycles. The Hall–Kier alpha value is -1.78. The van der Waals surface area contributed by atoms with E-state index in [-0.39, 0.29) is 17.5 Å². The Morgan fingerprint density at radius 2 is 2.11 bits per heavy atom. The number of aromatic nitrogens is 1. The topological polar surface area (TPSA) is 68.7 Å². The lowest BCUT2D eigenvalue weighted by atomic mass is 10.2. The number of aromatic carboxylic acids is 1. The van der Waals surface area contributed by atoms with Gasteiger partial charge in [-0.15, -0.1) is 0 Å². The molecule has 1 fully saturated rings. The molecule has 1 aromatic rings. The number of rotatable bonds is 4. The Kier molecular flexibility index (Phi) is 3.15. The SMILES string of the molecule is CC(C)(C)Oc1ccnc(C(=O)O)c1OC1CC1. The number of hydrogen-bond donors (Lipinski definition) is 1.